The van der Waals surface area contributed by atoms with E-state index in [1.165, 1.54) is 154 Å². The maximum atomic E-state index is 12.4. The Kier molecular flexibility index (Phi) is 42.8. The van der Waals surface area contributed by atoms with Crippen molar-refractivity contribution < 1.29 is 47.8 Å². The van der Waals surface area contributed by atoms with Gasteiger partial charge in [-0.05, 0) is 38.5 Å². The third kappa shape index (κ3) is 41.4. The first-order valence-corrected chi connectivity index (χ1v) is 25.6. The zero-order chi connectivity index (χ0) is 42.6. The Bertz CT molecular complexity index is 977. The molecule has 0 aliphatic rings. The average molecular weight is 847 g/mol. The standard InChI is InChI=1S/C47H91O10P/c1-3-5-7-9-11-13-15-17-19-21-23-25-27-29-31-33-35-37-39-47(51)57-45(41-49)43-55-58(52,53)54-42-44(40-48)56-46(50)38-36-34-32-30-28-26-24-22-20-18-16-14-12-10-8-6-4-2/h19,21,44-45,48-49H,3-18,20,22-43H2,1-2H3,(H,52,53)/b21-19-. The molecule has 0 aliphatic carbocycles. The second kappa shape index (κ2) is 43.8. The van der Waals surface area contributed by atoms with Crippen LogP contribution in [-0.2, 0) is 32.7 Å². The molecule has 0 bridgehead atoms. The summed E-state index contributed by atoms with van der Waals surface area (Å²) in [5.41, 5.74) is 0. The van der Waals surface area contributed by atoms with Crippen LogP contribution in [0.4, 0.5) is 0 Å². The van der Waals surface area contributed by atoms with Crippen molar-refractivity contribution in [3.8, 4) is 0 Å². The fourth-order valence-electron chi connectivity index (χ4n) is 6.99. The Labute approximate surface area is 356 Å². The molecule has 0 aromatic heterocycles. The first-order chi connectivity index (χ1) is 28.3. The summed E-state index contributed by atoms with van der Waals surface area (Å²) in [6.07, 6.45) is 43.2. The van der Waals surface area contributed by atoms with Crippen molar-refractivity contribution in [1.82, 2.24) is 0 Å². The molecule has 10 nitrogen and oxygen atoms in total. The molecule has 0 spiro atoms. The van der Waals surface area contributed by atoms with Crippen LogP contribution in [0.5, 0.6) is 0 Å². The van der Waals surface area contributed by atoms with Gasteiger partial charge >= 0.3 is 19.8 Å². The summed E-state index contributed by atoms with van der Waals surface area (Å²) >= 11 is 0. The van der Waals surface area contributed by atoms with Crippen molar-refractivity contribution in [1.29, 1.82) is 0 Å². The van der Waals surface area contributed by atoms with Gasteiger partial charge in [-0.15, -0.1) is 0 Å². The molecular formula is C47H91O10P. The average Bonchev–Trinajstić information content (AvgIpc) is 3.21. The highest BCUT2D eigenvalue weighted by Crippen LogP contribution is 2.43. The summed E-state index contributed by atoms with van der Waals surface area (Å²) in [7, 11) is -4.63. The topological polar surface area (TPSA) is 149 Å². The summed E-state index contributed by atoms with van der Waals surface area (Å²) < 4.78 is 32.7. The van der Waals surface area contributed by atoms with E-state index in [1.54, 1.807) is 0 Å². The van der Waals surface area contributed by atoms with E-state index in [4.69, 9.17) is 18.5 Å². The molecule has 3 unspecified atom stereocenters. The molecule has 11 heteroatoms. The minimum absolute atomic E-state index is 0.191. The summed E-state index contributed by atoms with van der Waals surface area (Å²) in [6, 6.07) is 0. The summed E-state index contributed by atoms with van der Waals surface area (Å²) in [5, 5.41) is 19.2. The van der Waals surface area contributed by atoms with Crippen LogP contribution in [0.3, 0.4) is 0 Å². The van der Waals surface area contributed by atoms with Crippen LogP contribution in [0.1, 0.15) is 239 Å². The Morgan fingerprint density at radius 3 is 0.983 bits per heavy atom. The lowest BCUT2D eigenvalue weighted by Crippen LogP contribution is -2.28. The number of aliphatic hydroxyl groups excluding tert-OH is 2. The normalized spacial score (nSPS) is 13.8. The predicted molar refractivity (Wildman–Crippen MR) is 238 cm³/mol. The van der Waals surface area contributed by atoms with Gasteiger partial charge in [-0.2, -0.15) is 0 Å². The van der Waals surface area contributed by atoms with E-state index >= 15 is 0 Å². The number of hydrogen-bond acceptors (Lipinski definition) is 9. The first kappa shape index (κ1) is 56.7. The monoisotopic (exact) mass is 847 g/mol. The van der Waals surface area contributed by atoms with Gasteiger partial charge in [-0.3, -0.25) is 18.6 Å². The number of unbranched alkanes of at least 4 members (excludes halogenated alkanes) is 30. The summed E-state index contributed by atoms with van der Waals surface area (Å²) in [6.45, 7) is 2.25. The van der Waals surface area contributed by atoms with E-state index in [0.29, 0.717) is 12.8 Å². The number of esters is 2. The lowest BCUT2D eigenvalue weighted by atomic mass is 10.0. The maximum Gasteiger partial charge on any atom is 0.472 e. The third-order valence-electron chi connectivity index (χ3n) is 10.7. The van der Waals surface area contributed by atoms with Crippen LogP contribution in [0.25, 0.3) is 0 Å². The second-order valence-electron chi connectivity index (χ2n) is 16.5. The molecular weight excluding hydrogens is 755 g/mol. The molecule has 0 amide bonds. The van der Waals surface area contributed by atoms with Gasteiger partial charge < -0.3 is 24.6 Å². The number of phosphoric ester groups is 1. The number of hydrogen-bond donors (Lipinski definition) is 3. The zero-order valence-corrected chi connectivity index (χ0v) is 38.4. The molecule has 0 saturated carbocycles. The quantitative estimate of drug-likeness (QED) is 0.0234. The van der Waals surface area contributed by atoms with Crippen molar-refractivity contribution in [2.24, 2.45) is 0 Å². The van der Waals surface area contributed by atoms with Crippen LogP contribution in [0, 0.1) is 0 Å². The fraction of sp³-hybridized carbons (Fsp3) is 0.915. The fourth-order valence-corrected chi connectivity index (χ4v) is 7.78. The highest BCUT2D eigenvalue weighted by atomic mass is 31.2. The number of aliphatic hydroxyl groups is 2. The predicted octanol–water partition coefficient (Wildman–Crippen LogP) is 13.2. The van der Waals surface area contributed by atoms with Crippen LogP contribution < -0.4 is 0 Å². The maximum absolute atomic E-state index is 12.4. The Morgan fingerprint density at radius 2 is 0.707 bits per heavy atom. The molecule has 344 valence electrons. The van der Waals surface area contributed by atoms with Crippen molar-refractivity contribution in [3.05, 3.63) is 12.2 Å². The van der Waals surface area contributed by atoms with E-state index in [1.807, 2.05) is 0 Å². The number of ether oxygens (including phenoxy) is 2. The largest absolute Gasteiger partial charge is 0.472 e. The molecule has 0 aromatic rings. The molecule has 3 atom stereocenters. The number of carbonyl (C=O) groups excluding carboxylic acids is 2. The summed E-state index contributed by atoms with van der Waals surface area (Å²) in [4.78, 5) is 34.6. The van der Waals surface area contributed by atoms with Gasteiger partial charge in [0.2, 0.25) is 0 Å². The van der Waals surface area contributed by atoms with E-state index in [0.717, 1.165) is 44.9 Å². The van der Waals surface area contributed by atoms with Gasteiger partial charge in [0.15, 0.2) is 0 Å². The molecule has 0 rings (SSSR count). The van der Waals surface area contributed by atoms with Gasteiger partial charge in [0.1, 0.15) is 12.2 Å². The van der Waals surface area contributed by atoms with Crippen LogP contribution >= 0.6 is 7.82 Å². The van der Waals surface area contributed by atoms with Gasteiger partial charge in [0.05, 0.1) is 26.4 Å². The van der Waals surface area contributed by atoms with Crippen molar-refractivity contribution in [2.45, 2.75) is 251 Å². The van der Waals surface area contributed by atoms with E-state index in [-0.39, 0.29) is 12.8 Å². The van der Waals surface area contributed by atoms with Crippen LogP contribution in [0.15, 0.2) is 12.2 Å². The first-order valence-electron chi connectivity index (χ1n) is 24.1. The van der Waals surface area contributed by atoms with Gasteiger partial charge in [-0.25, -0.2) is 4.57 Å². The SMILES string of the molecule is CCCCCCCCC/C=C\CCCCCCCCCC(=O)OC(CO)COP(=O)(O)OCC(CO)OC(=O)CCCCCCCCCCCCCCCCCCC. The zero-order valence-electron chi connectivity index (χ0n) is 37.5. The van der Waals surface area contributed by atoms with E-state index < -0.39 is 58.4 Å². The highest BCUT2D eigenvalue weighted by Gasteiger charge is 2.27. The van der Waals surface area contributed by atoms with Gasteiger partial charge in [0, 0.05) is 12.8 Å². The Hall–Kier alpha value is -1.29. The molecule has 0 aliphatic heterocycles. The second-order valence-corrected chi connectivity index (χ2v) is 17.9. The lowest BCUT2D eigenvalue weighted by molar-refractivity contribution is -0.153. The summed E-state index contributed by atoms with van der Waals surface area (Å²) in [5.74, 6) is -1.01. The van der Waals surface area contributed by atoms with Crippen LogP contribution in [0.2, 0.25) is 0 Å². The molecule has 0 aromatic carbocycles. The minimum atomic E-state index is -4.63. The van der Waals surface area contributed by atoms with E-state index in [9.17, 15) is 29.3 Å². The number of allylic oxidation sites excluding steroid dienone is 2. The molecule has 0 fully saturated rings. The lowest BCUT2D eigenvalue weighted by Gasteiger charge is -2.20. The van der Waals surface area contributed by atoms with Crippen molar-refractivity contribution >= 4 is 19.8 Å². The van der Waals surface area contributed by atoms with Crippen molar-refractivity contribution in [3.63, 3.8) is 0 Å². The molecule has 0 saturated heterocycles. The Morgan fingerprint density at radius 1 is 0.448 bits per heavy atom. The van der Waals surface area contributed by atoms with Crippen LogP contribution in [-0.4, -0.2) is 65.7 Å². The van der Waals surface area contributed by atoms with E-state index in [2.05, 4.69) is 26.0 Å². The highest BCUT2D eigenvalue weighted by molar-refractivity contribution is 7.47. The molecule has 0 heterocycles. The minimum Gasteiger partial charge on any atom is -0.457 e. The number of rotatable bonds is 46. The van der Waals surface area contributed by atoms with Crippen molar-refractivity contribution in [2.75, 3.05) is 26.4 Å². The third-order valence-corrected chi connectivity index (χ3v) is 11.7. The molecule has 58 heavy (non-hydrogen) atoms. The number of phosphoric acid groups is 1. The van der Waals surface area contributed by atoms with Gasteiger partial charge in [0.25, 0.3) is 0 Å². The Balaban J connectivity index is 3.85. The van der Waals surface area contributed by atoms with Gasteiger partial charge in [-0.1, -0.05) is 199 Å². The smallest absolute Gasteiger partial charge is 0.457 e. The molecule has 3 N–H and O–H groups in total. The number of carbonyl (C=O) groups is 2. The molecule has 0 radical (unpaired) electrons.